The third-order valence-corrected chi connectivity index (χ3v) is 4.53. The molecule has 0 spiro atoms. The van der Waals surface area contributed by atoms with Gasteiger partial charge in [-0.2, -0.15) is 0 Å². The summed E-state index contributed by atoms with van der Waals surface area (Å²) in [7, 11) is 0. The van der Waals surface area contributed by atoms with Crippen molar-refractivity contribution < 1.29 is 0 Å². The molecule has 0 aliphatic rings. The highest BCUT2D eigenvalue weighted by Crippen LogP contribution is 2.25. The van der Waals surface area contributed by atoms with Crippen LogP contribution in [0.25, 0.3) is 0 Å². The van der Waals surface area contributed by atoms with Crippen molar-refractivity contribution in [1.82, 2.24) is 19.7 Å². The Morgan fingerprint density at radius 2 is 2.21 bits per heavy atom. The Labute approximate surface area is 121 Å². The molecule has 5 nitrogen and oxygen atoms in total. The maximum Gasteiger partial charge on any atom is 0.191 e. The van der Waals surface area contributed by atoms with Crippen LogP contribution in [0, 0.1) is 13.8 Å². The van der Waals surface area contributed by atoms with Crippen molar-refractivity contribution in [2.45, 2.75) is 37.8 Å². The van der Waals surface area contributed by atoms with E-state index in [9.17, 15) is 0 Å². The van der Waals surface area contributed by atoms with Crippen molar-refractivity contribution in [2.24, 2.45) is 5.73 Å². The Morgan fingerprint density at radius 3 is 2.79 bits per heavy atom. The number of hydrogen-bond acceptors (Lipinski definition) is 6. The van der Waals surface area contributed by atoms with E-state index in [1.165, 1.54) is 4.88 Å². The van der Waals surface area contributed by atoms with Crippen LogP contribution in [-0.2, 0) is 18.8 Å². The second-order valence-electron chi connectivity index (χ2n) is 4.03. The highest BCUT2D eigenvalue weighted by molar-refractivity contribution is 7.98. The van der Waals surface area contributed by atoms with Crippen molar-refractivity contribution in [3.63, 3.8) is 0 Å². The van der Waals surface area contributed by atoms with Crippen LogP contribution in [0.15, 0.2) is 17.8 Å². The summed E-state index contributed by atoms with van der Waals surface area (Å²) in [5, 5.41) is 10.2. The van der Waals surface area contributed by atoms with Gasteiger partial charge >= 0.3 is 0 Å². The standard InChI is InChI=1S/C12H17N5S2/c1-4-5-17-11(6-13)15-16-12(17)18-7-10-8(2)19-9(3)14-10/h4H,1,5-7,13H2,2-3H3. The maximum absolute atomic E-state index is 5.65. The van der Waals surface area contributed by atoms with Crippen molar-refractivity contribution in [2.75, 3.05) is 0 Å². The number of aryl methyl sites for hydroxylation is 2. The first kappa shape index (κ1) is 14.2. The van der Waals surface area contributed by atoms with Gasteiger partial charge in [-0.15, -0.1) is 28.1 Å². The largest absolute Gasteiger partial charge is 0.324 e. The minimum absolute atomic E-state index is 0.385. The van der Waals surface area contributed by atoms with E-state index < -0.39 is 0 Å². The molecule has 0 atom stereocenters. The zero-order chi connectivity index (χ0) is 13.8. The fraction of sp³-hybridized carbons (Fsp3) is 0.417. The van der Waals surface area contributed by atoms with Gasteiger partial charge in [-0.25, -0.2) is 4.98 Å². The van der Waals surface area contributed by atoms with Gasteiger partial charge in [0.05, 0.1) is 17.2 Å². The topological polar surface area (TPSA) is 69.6 Å². The average molecular weight is 295 g/mol. The Hall–Kier alpha value is -1.18. The second-order valence-corrected chi connectivity index (χ2v) is 6.38. The molecule has 2 heterocycles. The van der Waals surface area contributed by atoms with Gasteiger partial charge in [0.1, 0.15) is 5.82 Å². The van der Waals surface area contributed by atoms with Crippen LogP contribution < -0.4 is 5.73 Å². The van der Waals surface area contributed by atoms with Gasteiger partial charge < -0.3 is 10.3 Å². The minimum Gasteiger partial charge on any atom is -0.324 e. The van der Waals surface area contributed by atoms with Crippen molar-refractivity contribution in [3.8, 4) is 0 Å². The quantitative estimate of drug-likeness (QED) is 0.654. The zero-order valence-corrected chi connectivity index (χ0v) is 12.7. The van der Waals surface area contributed by atoms with Gasteiger partial charge in [-0.05, 0) is 13.8 Å². The molecule has 0 saturated heterocycles. The van der Waals surface area contributed by atoms with Crippen molar-refractivity contribution in [3.05, 3.63) is 34.1 Å². The van der Waals surface area contributed by atoms with Gasteiger partial charge in [-0.3, -0.25) is 0 Å². The van der Waals surface area contributed by atoms with Crippen LogP contribution in [0.2, 0.25) is 0 Å². The predicted octanol–water partition coefficient (Wildman–Crippen LogP) is 2.29. The normalized spacial score (nSPS) is 10.9. The van der Waals surface area contributed by atoms with Crippen molar-refractivity contribution in [1.29, 1.82) is 0 Å². The van der Waals surface area contributed by atoms with Gasteiger partial charge in [0, 0.05) is 17.2 Å². The van der Waals surface area contributed by atoms with Crippen LogP contribution >= 0.6 is 23.1 Å². The first-order valence-electron chi connectivity index (χ1n) is 5.94. The van der Waals surface area contributed by atoms with E-state index in [1.807, 2.05) is 17.6 Å². The summed E-state index contributed by atoms with van der Waals surface area (Å²) in [4.78, 5) is 5.79. The first-order chi connectivity index (χ1) is 9.15. The number of nitrogens with zero attached hydrogens (tertiary/aromatic N) is 4. The van der Waals surface area contributed by atoms with Crippen molar-refractivity contribution >= 4 is 23.1 Å². The fourth-order valence-corrected chi connectivity index (χ4v) is 3.64. The zero-order valence-electron chi connectivity index (χ0n) is 11.1. The molecule has 0 aliphatic carbocycles. The molecule has 19 heavy (non-hydrogen) atoms. The minimum atomic E-state index is 0.385. The van der Waals surface area contributed by atoms with Crippen LogP contribution in [0.4, 0.5) is 0 Å². The third-order valence-electron chi connectivity index (χ3n) is 2.63. The summed E-state index contributed by atoms with van der Waals surface area (Å²) >= 11 is 3.36. The van der Waals surface area contributed by atoms with E-state index in [0.29, 0.717) is 13.1 Å². The number of aromatic nitrogens is 4. The molecule has 2 aromatic rings. The molecule has 0 amide bonds. The summed E-state index contributed by atoms with van der Waals surface area (Å²) in [5.41, 5.74) is 6.77. The molecular weight excluding hydrogens is 278 g/mol. The van der Waals surface area contributed by atoms with Gasteiger partial charge in [0.2, 0.25) is 0 Å². The first-order valence-corrected chi connectivity index (χ1v) is 7.74. The summed E-state index contributed by atoms with van der Waals surface area (Å²) < 4.78 is 1.99. The molecule has 0 bridgehead atoms. The number of rotatable bonds is 6. The van der Waals surface area contributed by atoms with Gasteiger partial charge in [0.15, 0.2) is 5.16 Å². The lowest BCUT2D eigenvalue weighted by Gasteiger charge is -2.05. The average Bonchev–Trinajstić information content (AvgIpc) is 2.91. The molecule has 0 radical (unpaired) electrons. The smallest absolute Gasteiger partial charge is 0.191 e. The molecule has 102 valence electrons. The Morgan fingerprint density at radius 1 is 1.42 bits per heavy atom. The maximum atomic E-state index is 5.65. The SMILES string of the molecule is C=CCn1c(CN)nnc1SCc1nc(C)sc1C. The Kier molecular flexibility index (Phi) is 4.73. The number of thioether (sulfide) groups is 1. The highest BCUT2D eigenvalue weighted by Gasteiger charge is 2.12. The monoisotopic (exact) mass is 295 g/mol. The summed E-state index contributed by atoms with van der Waals surface area (Å²) in [6, 6.07) is 0. The molecule has 7 heteroatoms. The van der Waals surface area contributed by atoms with E-state index in [4.69, 9.17) is 5.73 Å². The molecule has 0 unspecified atom stereocenters. The van der Waals surface area contributed by atoms with E-state index in [0.717, 1.165) is 27.4 Å². The van der Waals surface area contributed by atoms with E-state index in [-0.39, 0.29) is 0 Å². The summed E-state index contributed by atoms with van der Waals surface area (Å²) in [5.74, 6) is 1.59. The predicted molar refractivity (Wildman–Crippen MR) is 79.3 cm³/mol. The number of hydrogen-bond donors (Lipinski definition) is 1. The molecule has 2 N–H and O–H groups in total. The van der Waals surface area contributed by atoms with Crippen LogP contribution in [0.1, 0.15) is 21.4 Å². The summed E-state index contributed by atoms with van der Waals surface area (Å²) in [6.07, 6.45) is 1.82. The Balaban J connectivity index is 2.13. The van der Waals surface area contributed by atoms with Gasteiger partial charge in [-0.1, -0.05) is 17.8 Å². The molecule has 0 aliphatic heterocycles. The summed E-state index contributed by atoms with van der Waals surface area (Å²) in [6.45, 7) is 8.94. The van der Waals surface area contributed by atoms with Crippen LogP contribution in [-0.4, -0.2) is 19.7 Å². The molecule has 0 saturated carbocycles. The lowest BCUT2D eigenvalue weighted by Crippen LogP contribution is -2.08. The molecule has 0 fully saturated rings. The second kappa shape index (κ2) is 6.31. The fourth-order valence-electron chi connectivity index (χ4n) is 1.73. The lowest BCUT2D eigenvalue weighted by molar-refractivity contribution is 0.680. The molecule has 2 rings (SSSR count). The highest BCUT2D eigenvalue weighted by atomic mass is 32.2. The number of allylic oxidation sites excluding steroid dienone is 1. The van der Waals surface area contributed by atoms with Gasteiger partial charge in [0.25, 0.3) is 0 Å². The molecular formula is C12H17N5S2. The molecule has 2 aromatic heterocycles. The Bertz CT molecular complexity index is 573. The lowest BCUT2D eigenvalue weighted by atomic mass is 10.4. The number of nitrogens with two attached hydrogens (primary N) is 1. The van der Waals surface area contributed by atoms with Crippen LogP contribution in [0.3, 0.4) is 0 Å². The molecule has 0 aromatic carbocycles. The number of thiazole rings is 1. The van der Waals surface area contributed by atoms with Crippen LogP contribution in [0.5, 0.6) is 0 Å². The van der Waals surface area contributed by atoms with E-state index >= 15 is 0 Å². The van der Waals surface area contributed by atoms with E-state index in [2.05, 4.69) is 28.7 Å². The van der Waals surface area contributed by atoms with E-state index in [1.54, 1.807) is 23.1 Å². The third kappa shape index (κ3) is 3.23.